The molecule has 0 saturated carbocycles. The first-order chi connectivity index (χ1) is 12.5. The van der Waals surface area contributed by atoms with Gasteiger partial charge in [0.15, 0.2) is 5.96 Å². The van der Waals surface area contributed by atoms with Crippen LogP contribution in [0, 0.1) is 0 Å². The lowest BCUT2D eigenvalue weighted by Crippen LogP contribution is -2.43. The van der Waals surface area contributed by atoms with E-state index in [4.69, 9.17) is 4.42 Å². The highest BCUT2D eigenvalue weighted by atomic mass is 127. The second-order valence-corrected chi connectivity index (χ2v) is 6.19. The largest absolute Gasteiger partial charge is 0.469 e. The Balaban J connectivity index is 0.00000364. The molecule has 9 heteroatoms. The Labute approximate surface area is 177 Å². The van der Waals surface area contributed by atoms with Gasteiger partial charge in [0.2, 0.25) is 5.91 Å². The maximum atomic E-state index is 11.8. The lowest BCUT2D eigenvalue weighted by Gasteiger charge is -2.14. The van der Waals surface area contributed by atoms with Crippen LogP contribution in [0.25, 0.3) is 0 Å². The van der Waals surface area contributed by atoms with Crippen molar-refractivity contribution in [3.8, 4) is 0 Å². The van der Waals surface area contributed by atoms with Crippen LogP contribution in [0.2, 0.25) is 0 Å². The zero-order chi connectivity index (χ0) is 18.9. The summed E-state index contributed by atoms with van der Waals surface area (Å²) in [6.07, 6.45) is 5.24. The molecule has 8 nitrogen and oxygen atoms in total. The summed E-state index contributed by atoms with van der Waals surface area (Å²) in [5.41, 5.74) is 2.12. The summed E-state index contributed by atoms with van der Waals surface area (Å²) in [5.74, 6) is 1.49. The second kappa shape index (κ2) is 11.6. The van der Waals surface area contributed by atoms with Crippen molar-refractivity contribution in [2.24, 2.45) is 12.0 Å². The van der Waals surface area contributed by atoms with Crippen molar-refractivity contribution in [3.63, 3.8) is 0 Å². The highest BCUT2D eigenvalue weighted by Gasteiger charge is 2.08. The number of carbonyl (C=O) groups is 1. The fourth-order valence-electron chi connectivity index (χ4n) is 2.43. The lowest BCUT2D eigenvalue weighted by molar-refractivity contribution is -0.127. The number of nitrogens with one attached hydrogen (secondary N) is 2. The smallest absolute Gasteiger partial charge is 0.241 e. The molecule has 0 atom stereocenters. The maximum Gasteiger partial charge on any atom is 0.241 e. The normalized spacial score (nSPS) is 11.0. The quantitative estimate of drug-likeness (QED) is 0.335. The fourth-order valence-corrected chi connectivity index (χ4v) is 2.43. The molecule has 2 aromatic heterocycles. The van der Waals surface area contributed by atoms with Gasteiger partial charge in [-0.3, -0.25) is 9.48 Å². The number of aromatic nitrogens is 2. The third-order valence-electron chi connectivity index (χ3n) is 3.88. The third kappa shape index (κ3) is 7.61. The second-order valence-electron chi connectivity index (χ2n) is 6.19. The molecular weight excluding hydrogens is 459 g/mol. The molecule has 2 aromatic rings. The molecule has 150 valence electrons. The highest BCUT2D eigenvalue weighted by molar-refractivity contribution is 14.0. The number of amides is 1. The number of furan rings is 1. The minimum Gasteiger partial charge on any atom is -0.469 e. The average Bonchev–Trinajstić information content (AvgIpc) is 3.25. The molecule has 2 heterocycles. The first-order valence-electron chi connectivity index (χ1n) is 8.75. The number of nitrogens with zero attached hydrogens (tertiary/aromatic N) is 4. The predicted molar refractivity (Wildman–Crippen MR) is 116 cm³/mol. The zero-order valence-electron chi connectivity index (χ0n) is 16.4. The predicted octanol–water partition coefficient (Wildman–Crippen LogP) is 1.56. The van der Waals surface area contributed by atoms with Crippen LogP contribution in [-0.2, 0) is 31.2 Å². The number of guanidine groups is 1. The fraction of sp³-hybridized carbons (Fsp3) is 0.500. The van der Waals surface area contributed by atoms with Crippen molar-refractivity contribution in [2.75, 3.05) is 27.2 Å². The molecule has 0 aliphatic rings. The van der Waals surface area contributed by atoms with Crippen LogP contribution in [0.5, 0.6) is 0 Å². The van der Waals surface area contributed by atoms with Crippen LogP contribution in [-0.4, -0.2) is 53.7 Å². The van der Waals surface area contributed by atoms with Gasteiger partial charge in [-0.2, -0.15) is 5.10 Å². The number of likely N-dealkylation sites (N-methyl/N-ethyl adjacent to an activating group) is 1. The number of halogens is 1. The minimum atomic E-state index is -0.0128. The van der Waals surface area contributed by atoms with E-state index < -0.39 is 0 Å². The number of aryl methyl sites for hydroxylation is 2. The minimum absolute atomic E-state index is 0. The van der Waals surface area contributed by atoms with Gasteiger partial charge in [0.05, 0.1) is 25.0 Å². The Hall–Kier alpha value is -2.04. The number of carbonyl (C=O) groups excluding carboxylic acids is 1. The van der Waals surface area contributed by atoms with Gasteiger partial charge >= 0.3 is 0 Å². The van der Waals surface area contributed by atoms with E-state index in [1.165, 1.54) is 0 Å². The molecule has 27 heavy (non-hydrogen) atoms. The molecule has 0 radical (unpaired) electrons. The first-order valence-corrected chi connectivity index (χ1v) is 8.75. The van der Waals surface area contributed by atoms with Gasteiger partial charge in [0.1, 0.15) is 5.76 Å². The van der Waals surface area contributed by atoms with E-state index in [2.05, 4.69) is 27.6 Å². The number of hydrogen-bond donors (Lipinski definition) is 2. The zero-order valence-corrected chi connectivity index (χ0v) is 18.7. The van der Waals surface area contributed by atoms with E-state index in [0.29, 0.717) is 19.0 Å². The summed E-state index contributed by atoms with van der Waals surface area (Å²) in [6.45, 7) is 3.42. The van der Waals surface area contributed by atoms with Gasteiger partial charge in [-0.1, -0.05) is 6.92 Å². The molecule has 0 fully saturated rings. The van der Waals surface area contributed by atoms with E-state index in [1.807, 2.05) is 25.4 Å². The van der Waals surface area contributed by atoms with E-state index in [1.54, 1.807) is 29.9 Å². The van der Waals surface area contributed by atoms with Crippen molar-refractivity contribution in [3.05, 3.63) is 41.6 Å². The summed E-state index contributed by atoms with van der Waals surface area (Å²) >= 11 is 0. The summed E-state index contributed by atoms with van der Waals surface area (Å²) in [7, 11) is 5.37. The molecule has 2 rings (SSSR count). The Bertz CT molecular complexity index is 724. The molecule has 0 aliphatic carbocycles. The van der Waals surface area contributed by atoms with Crippen LogP contribution in [0.4, 0.5) is 0 Å². The van der Waals surface area contributed by atoms with Crippen LogP contribution < -0.4 is 10.6 Å². The summed E-state index contributed by atoms with van der Waals surface area (Å²) in [6, 6.07) is 3.80. The average molecular weight is 488 g/mol. The first kappa shape index (κ1) is 23.0. The summed E-state index contributed by atoms with van der Waals surface area (Å²) in [4.78, 5) is 18.0. The van der Waals surface area contributed by atoms with Crippen LogP contribution in [0.1, 0.15) is 23.9 Å². The monoisotopic (exact) mass is 488 g/mol. The molecule has 0 unspecified atom stereocenters. The topological polar surface area (TPSA) is 87.7 Å². The van der Waals surface area contributed by atoms with Gasteiger partial charge < -0.3 is 20.0 Å². The maximum absolute atomic E-state index is 11.8. The molecule has 0 saturated heterocycles. The number of hydrogen-bond acceptors (Lipinski definition) is 4. The van der Waals surface area contributed by atoms with Crippen molar-refractivity contribution >= 4 is 35.8 Å². The van der Waals surface area contributed by atoms with Crippen LogP contribution in [0.3, 0.4) is 0 Å². The highest BCUT2D eigenvalue weighted by Crippen LogP contribution is 2.08. The van der Waals surface area contributed by atoms with Gasteiger partial charge in [0.25, 0.3) is 0 Å². The standard InChI is InChI=1S/C18H28N6O2.HI/c1-5-16-14(13-24(4)22-16)11-20-18(21-12-17(25)23(2)3)19-9-8-15-7-6-10-26-15;/h6-7,10,13H,5,8-9,11-12H2,1-4H3,(H2,19,20,21);1H. The van der Waals surface area contributed by atoms with E-state index in [0.717, 1.165) is 29.9 Å². The molecular formula is C18H29IN6O2. The summed E-state index contributed by atoms with van der Waals surface area (Å²) in [5, 5.41) is 10.8. The number of rotatable bonds is 8. The molecule has 0 aromatic carbocycles. The molecule has 0 spiro atoms. The van der Waals surface area contributed by atoms with Crippen molar-refractivity contribution < 1.29 is 9.21 Å². The van der Waals surface area contributed by atoms with Crippen molar-refractivity contribution in [2.45, 2.75) is 26.3 Å². The van der Waals surface area contributed by atoms with Gasteiger partial charge in [0, 0.05) is 45.9 Å². The SMILES string of the molecule is CCc1nn(C)cc1CN=C(NCCc1ccco1)NCC(=O)N(C)C.I. The van der Waals surface area contributed by atoms with Gasteiger partial charge in [-0.25, -0.2) is 4.99 Å². The third-order valence-corrected chi connectivity index (χ3v) is 3.88. The Morgan fingerprint density at radius 3 is 2.78 bits per heavy atom. The Morgan fingerprint density at radius 2 is 2.15 bits per heavy atom. The van der Waals surface area contributed by atoms with E-state index in [-0.39, 0.29) is 36.4 Å². The number of aliphatic imine (C=N–C) groups is 1. The van der Waals surface area contributed by atoms with Crippen molar-refractivity contribution in [1.82, 2.24) is 25.3 Å². The summed E-state index contributed by atoms with van der Waals surface area (Å²) < 4.78 is 7.14. The lowest BCUT2D eigenvalue weighted by atomic mass is 10.2. The van der Waals surface area contributed by atoms with Crippen molar-refractivity contribution in [1.29, 1.82) is 0 Å². The van der Waals surface area contributed by atoms with Crippen LogP contribution in [0.15, 0.2) is 34.0 Å². The molecule has 0 bridgehead atoms. The van der Waals surface area contributed by atoms with Gasteiger partial charge in [-0.15, -0.1) is 24.0 Å². The molecule has 1 amide bonds. The Kier molecular flexibility index (Phi) is 9.90. The Morgan fingerprint density at radius 1 is 1.37 bits per heavy atom. The van der Waals surface area contributed by atoms with Crippen LogP contribution >= 0.6 is 24.0 Å². The molecule has 0 aliphatic heterocycles. The van der Waals surface area contributed by atoms with Gasteiger partial charge in [-0.05, 0) is 18.6 Å². The van der Waals surface area contributed by atoms with E-state index in [9.17, 15) is 4.79 Å². The van der Waals surface area contributed by atoms with E-state index >= 15 is 0 Å². The molecule has 2 N–H and O–H groups in total.